The van der Waals surface area contributed by atoms with Gasteiger partial charge in [-0.25, -0.2) is 9.50 Å². The Morgan fingerprint density at radius 1 is 1.10 bits per heavy atom. The van der Waals surface area contributed by atoms with Crippen LogP contribution in [0.1, 0.15) is 16.8 Å². The van der Waals surface area contributed by atoms with Crippen molar-refractivity contribution in [2.24, 2.45) is 0 Å². The van der Waals surface area contributed by atoms with Crippen LogP contribution < -0.4 is 10.1 Å². The molecular weight excluding hydrogens is 408 g/mol. The van der Waals surface area contributed by atoms with Crippen LogP contribution in [-0.2, 0) is 11.3 Å². The predicted molar refractivity (Wildman–Crippen MR) is 123 cm³/mol. The molecule has 0 saturated carbocycles. The van der Waals surface area contributed by atoms with Crippen LogP contribution in [0.25, 0.3) is 16.8 Å². The minimum atomic E-state index is -0.0178. The lowest BCUT2D eigenvalue weighted by Crippen LogP contribution is -2.24. The first-order chi connectivity index (χ1) is 15.0. The molecule has 0 aliphatic rings. The highest BCUT2D eigenvalue weighted by molar-refractivity contribution is 7.99. The van der Waals surface area contributed by atoms with Gasteiger partial charge in [-0.15, -0.1) is 0 Å². The Bertz CT molecular complexity index is 1200. The van der Waals surface area contributed by atoms with Gasteiger partial charge in [0.1, 0.15) is 10.8 Å². The number of nitrogens with one attached hydrogen (secondary N) is 1. The number of ether oxygens (including phenoxy) is 1. The summed E-state index contributed by atoms with van der Waals surface area (Å²) >= 11 is 1.45. The van der Waals surface area contributed by atoms with Crippen molar-refractivity contribution < 1.29 is 9.53 Å². The number of nitrogens with zero attached hydrogens (tertiary/aromatic N) is 3. The van der Waals surface area contributed by atoms with Crippen molar-refractivity contribution in [2.45, 2.75) is 25.4 Å². The van der Waals surface area contributed by atoms with E-state index in [4.69, 9.17) is 4.74 Å². The molecule has 0 saturated heterocycles. The van der Waals surface area contributed by atoms with Crippen LogP contribution in [0.5, 0.6) is 5.75 Å². The summed E-state index contributed by atoms with van der Waals surface area (Å²) in [5, 5.41) is 8.39. The number of carbonyl (C=O) groups excluding carboxylic acids is 1. The van der Waals surface area contributed by atoms with Crippen molar-refractivity contribution in [3.63, 3.8) is 0 Å². The summed E-state index contributed by atoms with van der Waals surface area (Å²) < 4.78 is 7.04. The van der Waals surface area contributed by atoms with Gasteiger partial charge in [0.15, 0.2) is 5.65 Å². The van der Waals surface area contributed by atoms with Crippen LogP contribution in [0.4, 0.5) is 0 Å². The topological polar surface area (TPSA) is 68.5 Å². The molecule has 0 fully saturated rings. The highest BCUT2D eigenvalue weighted by atomic mass is 32.2. The number of hydrogen-bond donors (Lipinski definition) is 1. The number of amides is 1. The smallest absolute Gasteiger partial charge is 0.230 e. The summed E-state index contributed by atoms with van der Waals surface area (Å²) in [7, 11) is 1.65. The van der Waals surface area contributed by atoms with Gasteiger partial charge < -0.3 is 10.1 Å². The molecule has 1 N–H and O–H groups in total. The zero-order chi connectivity index (χ0) is 21.8. The Morgan fingerprint density at radius 2 is 1.84 bits per heavy atom. The lowest BCUT2D eigenvalue weighted by atomic mass is 10.1. The van der Waals surface area contributed by atoms with Crippen molar-refractivity contribution in [3.8, 4) is 16.9 Å². The molecule has 0 bridgehead atoms. The Morgan fingerprint density at radius 3 is 2.55 bits per heavy atom. The van der Waals surface area contributed by atoms with Gasteiger partial charge in [-0.3, -0.25) is 4.79 Å². The average Bonchev–Trinajstić information content (AvgIpc) is 3.21. The maximum Gasteiger partial charge on any atom is 0.230 e. The summed E-state index contributed by atoms with van der Waals surface area (Å²) in [4.78, 5) is 17.1. The summed E-state index contributed by atoms with van der Waals surface area (Å²) in [5.41, 5.74) is 5.90. The van der Waals surface area contributed by atoms with E-state index in [0.717, 1.165) is 38.8 Å². The fourth-order valence-corrected chi connectivity index (χ4v) is 4.11. The molecule has 158 valence electrons. The minimum absolute atomic E-state index is 0.0178. The molecule has 0 atom stereocenters. The third kappa shape index (κ3) is 4.88. The summed E-state index contributed by atoms with van der Waals surface area (Å²) in [6.07, 6.45) is 1.81. The fourth-order valence-electron chi connectivity index (χ4n) is 3.22. The predicted octanol–water partition coefficient (Wildman–Crippen LogP) is 4.43. The number of aryl methyl sites for hydroxylation is 2. The molecule has 6 nitrogen and oxygen atoms in total. The van der Waals surface area contributed by atoms with Gasteiger partial charge in [-0.1, -0.05) is 53.7 Å². The molecule has 2 aromatic carbocycles. The van der Waals surface area contributed by atoms with E-state index in [-0.39, 0.29) is 5.91 Å². The van der Waals surface area contributed by atoms with Crippen molar-refractivity contribution in [2.75, 3.05) is 12.9 Å². The number of rotatable bonds is 7. The van der Waals surface area contributed by atoms with Crippen LogP contribution >= 0.6 is 11.8 Å². The second-order valence-corrected chi connectivity index (χ2v) is 8.30. The Balaban J connectivity index is 1.48. The van der Waals surface area contributed by atoms with Gasteiger partial charge in [0.25, 0.3) is 0 Å². The van der Waals surface area contributed by atoms with Gasteiger partial charge in [0, 0.05) is 17.8 Å². The normalized spacial score (nSPS) is 10.9. The molecule has 4 aromatic rings. The second-order valence-electron chi connectivity index (χ2n) is 7.31. The van der Waals surface area contributed by atoms with Crippen LogP contribution in [0.2, 0.25) is 0 Å². The number of thioether (sulfide) groups is 1. The molecule has 1 amide bonds. The van der Waals surface area contributed by atoms with Crippen molar-refractivity contribution >= 4 is 23.3 Å². The molecule has 0 spiro atoms. The first-order valence-electron chi connectivity index (χ1n) is 9.98. The van der Waals surface area contributed by atoms with Crippen LogP contribution in [-0.4, -0.2) is 33.4 Å². The Kier molecular flexibility index (Phi) is 6.23. The first kappa shape index (κ1) is 20.9. The quantitative estimate of drug-likeness (QED) is 0.346. The largest absolute Gasteiger partial charge is 0.497 e. The standard InChI is InChI=1S/C24H24N4O2S/c1-16-4-6-18(7-5-16)13-25-22(29)15-31-23-12-17(2)27-24-21(14-26-28(23)24)19-8-10-20(30-3)11-9-19/h4-12,14H,13,15H2,1-3H3,(H,25,29). The van der Waals surface area contributed by atoms with E-state index < -0.39 is 0 Å². The molecule has 0 aliphatic carbocycles. The highest BCUT2D eigenvalue weighted by Gasteiger charge is 2.14. The lowest BCUT2D eigenvalue weighted by molar-refractivity contribution is -0.118. The minimum Gasteiger partial charge on any atom is -0.497 e. The fraction of sp³-hybridized carbons (Fsp3) is 0.208. The van der Waals surface area contributed by atoms with Gasteiger partial charge >= 0.3 is 0 Å². The summed E-state index contributed by atoms with van der Waals surface area (Å²) in [6, 6.07) is 17.9. The van der Waals surface area contributed by atoms with E-state index >= 15 is 0 Å². The van der Waals surface area contributed by atoms with Crippen molar-refractivity contribution in [3.05, 3.63) is 77.6 Å². The van der Waals surface area contributed by atoms with E-state index in [1.165, 1.54) is 17.3 Å². The molecule has 2 aromatic heterocycles. The SMILES string of the molecule is COc1ccc(-c2cnn3c(SCC(=O)NCc4ccc(C)cc4)cc(C)nc23)cc1. The Hall–Kier alpha value is -3.32. The number of carbonyl (C=O) groups is 1. The van der Waals surface area contributed by atoms with Crippen LogP contribution in [0.15, 0.2) is 65.8 Å². The van der Waals surface area contributed by atoms with E-state index in [9.17, 15) is 4.79 Å². The van der Waals surface area contributed by atoms with Crippen LogP contribution in [0.3, 0.4) is 0 Å². The lowest BCUT2D eigenvalue weighted by Gasteiger charge is -2.08. The molecular formula is C24H24N4O2S. The van der Waals surface area contributed by atoms with E-state index in [2.05, 4.69) is 15.4 Å². The molecule has 0 unspecified atom stereocenters. The molecule has 0 radical (unpaired) electrons. The van der Waals surface area contributed by atoms with Gasteiger partial charge in [-0.2, -0.15) is 5.10 Å². The monoisotopic (exact) mass is 432 g/mol. The molecule has 31 heavy (non-hydrogen) atoms. The van der Waals surface area contributed by atoms with Gasteiger partial charge in [-0.05, 0) is 43.2 Å². The molecule has 7 heteroatoms. The number of aromatic nitrogens is 3. The second kappa shape index (κ2) is 9.22. The third-order valence-electron chi connectivity index (χ3n) is 4.93. The molecule has 2 heterocycles. The van der Waals surface area contributed by atoms with Gasteiger partial charge in [0.2, 0.25) is 5.91 Å². The maximum atomic E-state index is 12.4. The number of hydrogen-bond acceptors (Lipinski definition) is 5. The number of benzene rings is 2. The maximum absolute atomic E-state index is 12.4. The zero-order valence-electron chi connectivity index (χ0n) is 17.8. The van der Waals surface area contributed by atoms with Gasteiger partial charge in [0.05, 0.1) is 19.1 Å². The molecule has 4 rings (SSSR count). The Labute approximate surface area is 185 Å². The average molecular weight is 433 g/mol. The van der Waals surface area contributed by atoms with E-state index in [1.807, 2.05) is 74.6 Å². The summed E-state index contributed by atoms with van der Waals surface area (Å²) in [5.74, 6) is 1.09. The van der Waals surface area contributed by atoms with Crippen LogP contribution in [0, 0.1) is 13.8 Å². The zero-order valence-corrected chi connectivity index (χ0v) is 18.6. The van der Waals surface area contributed by atoms with E-state index in [1.54, 1.807) is 11.6 Å². The van der Waals surface area contributed by atoms with Crippen molar-refractivity contribution in [1.29, 1.82) is 0 Å². The summed E-state index contributed by atoms with van der Waals surface area (Å²) in [6.45, 7) is 4.52. The molecule has 0 aliphatic heterocycles. The highest BCUT2D eigenvalue weighted by Crippen LogP contribution is 2.28. The number of fused-ring (bicyclic) bond motifs is 1. The number of methoxy groups -OCH3 is 1. The van der Waals surface area contributed by atoms with Crippen molar-refractivity contribution in [1.82, 2.24) is 19.9 Å². The third-order valence-corrected chi connectivity index (χ3v) is 5.92. The first-order valence-corrected chi connectivity index (χ1v) is 11.0. The van der Waals surface area contributed by atoms with E-state index in [0.29, 0.717) is 12.3 Å².